The van der Waals surface area contributed by atoms with Crippen LogP contribution in [0, 0.1) is 5.41 Å². The summed E-state index contributed by atoms with van der Waals surface area (Å²) in [6, 6.07) is 9.46. The highest BCUT2D eigenvalue weighted by molar-refractivity contribution is 5.59. The summed E-state index contributed by atoms with van der Waals surface area (Å²) in [6.07, 6.45) is 1.63. The van der Waals surface area contributed by atoms with Crippen LogP contribution in [0.3, 0.4) is 0 Å². The quantitative estimate of drug-likeness (QED) is 0.798. The zero-order chi connectivity index (χ0) is 18.4. The van der Waals surface area contributed by atoms with Gasteiger partial charge in [-0.1, -0.05) is 33.4 Å². The molecule has 0 aliphatic rings. The molecule has 0 radical (unpaired) electrons. The lowest BCUT2D eigenvalue weighted by Crippen LogP contribution is -2.26. The van der Waals surface area contributed by atoms with Crippen molar-refractivity contribution in [1.82, 2.24) is 10.3 Å². The molecule has 5 heteroatoms. The maximum Gasteiger partial charge on any atom is 0.219 e. The zero-order valence-electron chi connectivity index (χ0n) is 15.4. The molecule has 1 aromatic heterocycles. The van der Waals surface area contributed by atoms with Gasteiger partial charge in [0.25, 0.3) is 0 Å². The molecule has 0 amide bonds. The Labute approximate surface area is 149 Å². The van der Waals surface area contributed by atoms with Crippen LogP contribution in [0.25, 0.3) is 5.70 Å². The molecule has 2 aromatic rings. The van der Waals surface area contributed by atoms with Gasteiger partial charge in [0.15, 0.2) is 11.5 Å². The second-order valence-corrected chi connectivity index (χ2v) is 7.16. The van der Waals surface area contributed by atoms with Crippen LogP contribution in [0.2, 0.25) is 0 Å². The molecule has 1 heterocycles. The minimum Gasteiger partial charge on any atom is -0.493 e. The van der Waals surface area contributed by atoms with Crippen molar-refractivity contribution in [3.05, 3.63) is 54.2 Å². The number of ether oxygens (including phenoxy) is 2. The lowest BCUT2D eigenvalue weighted by Gasteiger charge is -2.19. The van der Waals surface area contributed by atoms with E-state index in [1.807, 2.05) is 24.3 Å². The van der Waals surface area contributed by atoms with Crippen LogP contribution in [-0.2, 0) is 6.54 Å². The molecule has 0 fully saturated rings. The SMILES string of the molecule is C=C(N)c1ccc(Oc2ccc(CNCC(C)(C)C)cc2OC)nc1. The average Bonchev–Trinajstić information content (AvgIpc) is 2.55. The molecule has 0 atom stereocenters. The van der Waals surface area contributed by atoms with E-state index in [0.717, 1.165) is 24.2 Å². The number of nitrogens with zero attached hydrogens (tertiary/aromatic N) is 1. The van der Waals surface area contributed by atoms with Gasteiger partial charge in [0, 0.05) is 36.6 Å². The number of benzene rings is 1. The second kappa shape index (κ2) is 8.03. The van der Waals surface area contributed by atoms with Crippen molar-refractivity contribution in [1.29, 1.82) is 0 Å². The van der Waals surface area contributed by atoms with E-state index >= 15 is 0 Å². The summed E-state index contributed by atoms with van der Waals surface area (Å²) >= 11 is 0. The van der Waals surface area contributed by atoms with Crippen molar-refractivity contribution in [3.8, 4) is 17.4 Å². The first-order valence-electron chi connectivity index (χ1n) is 8.25. The Kier molecular flexibility index (Phi) is 6.04. The standard InChI is InChI=1S/C20H27N3O2/c1-14(21)16-7-9-19(23-12-16)25-17-8-6-15(10-18(17)24-5)11-22-13-20(2,3)4/h6-10,12,22H,1,11,13,21H2,2-5H3. The highest BCUT2D eigenvalue weighted by Gasteiger charge is 2.11. The molecule has 3 N–H and O–H groups in total. The van der Waals surface area contributed by atoms with Gasteiger partial charge < -0.3 is 20.5 Å². The number of methoxy groups -OCH3 is 1. The number of hydrogen-bond donors (Lipinski definition) is 2. The van der Waals surface area contributed by atoms with Gasteiger partial charge in [-0.3, -0.25) is 0 Å². The molecular formula is C20H27N3O2. The minimum atomic E-state index is 0.250. The van der Waals surface area contributed by atoms with Gasteiger partial charge in [-0.05, 0) is 29.2 Å². The molecule has 134 valence electrons. The Balaban J connectivity index is 2.07. The largest absolute Gasteiger partial charge is 0.493 e. The third kappa shape index (κ3) is 5.80. The van der Waals surface area contributed by atoms with Crippen molar-refractivity contribution in [2.24, 2.45) is 11.1 Å². The van der Waals surface area contributed by atoms with Gasteiger partial charge in [-0.15, -0.1) is 0 Å². The number of pyridine rings is 1. The molecule has 25 heavy (non-hydrogen) atoms. The predicted octanol–water partition coefficient (Wildman–Crippen LogP) is 3.95. The second-order valence-electron chi connectivity index (χ2n) is 7.16. The highest BCUT2D eigenvalue weighted by atomic mass is 16.5. The first-order chi connectivity index (χ1) is 11.8. The van der Waals surface area contributed by atoms with Crippen LogP contribution < -0.4 is 20.5 Å². The topological polar surface area (TPSA) is 69.4 Å². The fourth-order valence-corrected chi connectivity index (χ4v) is 2.23. The Morgan fingerprint density at radius 2 is 1.96 bits per heavy atom. The van der Waals surface area contributed by atoms with E-state index in [4.69, 9.17) is 15.2 Å². The summed E-state index contributed by atoms with van der Waals surface area (Å²) in [5.41, 5.74) is 8.28. The van der Waals surface area contributed by atoms with Crippen molar-refractivity contribution >= 4 is 5.70 Å². The lowest BCUT2D eigenvalue weighted by molar-refractivity contribution is 0.370. The molecule has 0 saturated carbocycles. The van der Waals surface area contributed by atoms with E-state index in [2.05, 4.69) is 37.7 Å². The summed E-state index contributed by atoms with van der Waals surface area (Å²) in [6.45, 7) is 12.0. The third-order valence-electron chi connectivity index (χ3n) is 3.53. The molecular weight excluding hydrogens is 314 g/mol. The molecule has 0 aliphatic carbocycles. The van der Waals surface area contributed by atoms with Gasteiger partial charge >= 0.3 is 0 Å². The van der Waals surface area contributed by atoms with E-state index in [1.165, 1.54) is 0 Å². The van der Waals surface area contributed by atoms with Crippen molar-refractivity contribution in [2.75, 3.05) is 13.7 Å². The van der Waals surface area contributed by atoms with Crippen molar-refractivity contribution in [2.45, 2.75) is 27.3 Å². The first kappa shape index (κ1) is 18.8. The number of rotatable bonds is 7. The molecule has 0 spiro atoms. The van der Waals surface area contributed by atoms with Crippen LogP contribution in [0.4, 0.5) is 0 Å². The monoisotopic (exact) mass is 341 g/mol. The number of nitrogens with two attached hydrogens (primary N) is 1. The minimum absolute atomic E-state index is 0.250. The van der Waals surface area contributed by atoms with Crippen LogP contribution in [0.1, 0.15) is 31.9 Å². The third-order valence-corrected chi connectivity index (χ3v) is 3.53. The van der Waals surface area contributed by atoms with Crippen LogP contribution in [0.5, 0.6) is 17.4 Å². The Hall–Kier alpha value is -2.53. The van der Waals surface area contributed by atoms with Crippen LogP contribution in [-0.4, -0.2) is 18.6 Å². The van der Waals surface area contributed by atoms with Crippen molar-refractivity contribution in [3.63, 3.8) is 0 Å². The van der Waals surface area contributed by atoms with Crippen LogP contribution >= 0.6 is 0 Å². The smallest absolute Gasteiger partial charge is 0.219 e. The summed E-state index contributed by atoms with van der Waals surface area (Å²) in [5, 5.41) is 3.45. The molecule has 0 bridgehead atoms. The van der Waals surface area contributed by atoms with E-state index in [0.29, 0.717) is 23.1 Å². The molecule has 0 saturated heterocycles. The van der Waals surface area contributed by atoms with E-state index in [9.17, 15) is 0 Å². The fraction of sp³-hybridized carbons (Fsp3) is 0.350. The van der Waals surface area contributed by atoms with E-state index in [-0.39, 0.29) is 5.41 Å². The average molecular weight is 341 g/mol. The van der Waals surface area contributed by atoms with Crippen LogP contribution in [0.15, 0.2) is 43.1 Å². The van der Waals surface area contributed by atoms with Crippen molar-refractivity contribution < 1.29 is 9.47 Å². The Morgan fingerprint density at radius 1 is 1.20 bits per heavy atom. The molecule has 1 aromatic carbocycles. The maximum atomic E-state index is 5.82. The van der Waals surface area contributed by atoms with Gasteiger partial charge in [0.1, 0.15) is 0 Å². The van der Waals surface area contributed by atoms with Gasteiger partial charge in [0.05, 0.1) is 7.11 Å². The fourth-order valence-electron chi connectivity index (χ4n) is 2.23. The number of aromatic nitrogens is 1. The molecule has 2 rings (SSSR count). The normalized spacial score (nSPS) is 11.2. The zero-order valence-corrected chi connectivity index (χ0v) is 15.4. The Bertz CT molecular complexity index is 719. The molecule has 5 nitrogen and oxygen atoms in total. The highest BCUT2D eigenvalue weighted by Crippen LogP contribution is 2.31. The number of hydrogen-bond acceptors (Lipinski definition) is 5. The van der Waals surface area contributed by atoms with E-state index in [1.54, 1.807) is 19.4 Å². The van der Waals surface area contributed by atoms with Gasteiger partial charge in [-0.25, -0.2) is 4.98 Å². The van der Waals surface area contributed by atoms with Gasteiger partial charge in [-0.2, -0.15) is 0 Å². The lowest BCUT2D eigenvalue weighted by atomic mass is 9.97. The summed E-state index contributed by atoms with van der Waals surface area (Å²) in [5.74, 6) is 1.76. The summed E-state index contributed by atoms with van der Waals surface area (Å²) in [7, 11) is 1.63. The summed E-state index contributed by atoms with van der Waals surface area (Å²) in [4.78, 5) is 4.24. The predicted molar refractivity (Wildman–Crippen MR) is 102 cm³/mol. The Morgan fingerprint density at radius 3 is 2.52 bits per heavy atom. The maximum absolute atomic E-state index is 5.82. The number of nitrogens with one attached hydrogen (secondary N) is 1. The van der Waals surface area contributed by atoms with Gasteiger partial charge in [0.2, 0.25) is 5.88 Å². The summed E-state index contributed by atoms with van der Waals surface area (Å²) < 4.78 is 11.3. The molecule has 0 unspecified atom stereocenters. The van der Waals surface area contributed by atoms with E-state index < -0.39 is 0 Å². The first-order valence-corrected chi connectivity index (χ1v) is 8.25. The molecule has 0 aliphatic heterocycles.